The van der Waals surface area contributed by atoms with Crippen molar-refractivity contribution in [2.24, 2.45) is 0 Å². The summed E-state index contributed by atoms with van der Waals surface area (Å²) in [5.74, 6) is 0.357. The van der Waals surface area contributed by atoms with Gasteiger partial charge in [-0.1, -0.05) is 11.6 Å². The number of aromatic nitrogens is 1. The van der Waals surface area contributed by atoms with E-state index >= 15 is 0 Å². The number of fused-ring (bicyclic) bond motifs is 1. The normalized spacial score (nSPS) is 10.7. The molecule has 124 valence electrons. The highest BCUT2D eigenvalue weighted by Crippen LogP contribution is 2.29. The van der Waals surface area contributed by atoms with Crippen molar-refractivity contribution in [2.45, 2.75) is 0 Å². The Labute approximate surface area is 140 Å². The van der Waals surface area contributed by atoms with Gasteiger partial charge in [0.25, 0.3) is 5.91 Å². The zero-order valence-corrected chi connectivity index (χ0v) is 13.7. The van der Waals surface area contributed by atoms with E-state index in [1.807, 2.05) is 6.07 Å². The minimum atomic E-state index is -0.183. The molecule has 1 aromatic heterocycles. The maximum absolute atomic E-state index is 11.8. The van der Waals surface area contributed by atoms with Crippen molar-refractivity contribution in [3.63, 3.8) is 0 Å². The van der Waals surface area contributed by atoms with Crippen LogP contribution >= 0.6 is 11.6 Å². The summed E-state index contributed by atoms with van der Waals surface area (Å²) in [5, 5.41) is 7.32. The molecule has 0 saturated carbocycles. The molecule has 0 atom stereocenters. The van der Waals surface area contributed by atoms with E-state index in [9.17, 15) is 4.79 Å². The lowest BCUT2D eigenvalue weighted by atomic mass is 10.2. The van der Waals surface area contributed by atoms with E-state index in [2.05, 4.69) is 15.6 Å². The van der Waals surface area contributed by atoms with Gasteiger partial charge in [0.2, 0.25) is 0 Å². The second-order valence-electron chi connectivity index (χ2n) is 4.83. The number of pyridine rings is 1. The lowest BCUT2D eigenvalue weighted by Crippen LogP contribution is -2.35. The first-order valence-corrected chi connectivity index (χ1v) is 7.72. The number of benzene rings is 1. The third kappa shape index (κ3) is 5.35. The second-order valence-corrected chi connectivity index (χ2v) is 5.23. The number of halogens is 1. The van der Waals surface area contributed by atoms with Gasteiger partial charge in [-0.15, -0.1) is 0 Å². The summed E-state index contributed by atoms with van der Waals surface area (Å²) < 4.78 is 10.5. The third-order valence-electron chi connectivity index (χ3n) is 3.15. The van der Waals surface area contributed by atoms with Crippen LogP contribution in [0, 0.1) is 0 Å². The summed E-state index contributed by atoms with van der Waals surface area (Å²) in [6.45, 7) is 2.55. The highest BCUT2D eigenvalue weighted by molar-refractivity contribution is 6.35. The van der Waals surface area contributed by atoms with Crippen LogP contribution in [0.1, 0.15) is 0 Å². The van der Waals surface area contributed by atoms with Gasteiger partial charge < -0.3 is 20.1 Å². The molecule has 2 N–H and O–H groups in total. The van der Waals surface area contributed by atoms with Crippen molar-refractivity contribution >= 4 is 28.4 Å². The first-order chi connectivity index (χ1) is 11.2. The van der Waals surface area contributed by atoms with Crippen LogP contribution < -0.4 is 15.4 Å². The number of amides is 1. The lowest BCUT2D eigenvalue weighted by Gasteiger charge is -2.10. The number of rotatable bonds is 9. The van der Waals surface area contributed by atoms with Crippen LogP contribution in [-0.4, -0.2) is 50.8 Å². The Morgan fingerprint density at radius 1 is 1.26 bits per heavy atom. The molecule has 1 amide bonds. The summed E-state index contributed by atoms with van der Waals surface area (Å²) in [6.07, 6.45) is 1.66. The van der Waals surface area contributed by atoms with Crippen LogP contribution in [0.5, 0.6) is 5.75 Å². The molecular formula is C16H20ClN3O3. The van der Waals surface area contributed by atoms with Gasteiger partial charge in [0.05, 0.1) is 11.6 Å². The molecule has 0 aliphatic rings. The van der Waals surface area contributed by atoms with E-state index in [1.165, 1.54) is 0 Å². The topological polar surface area (TPSA) is 72.5 Å². The van der Waals surface area contributed by atoms with Gasteiger partial charge in [0.15, 0.2) is 6.61 Å². The van der Waals surface area contributed by atoms with Crippen LogP contribution in [0.15, 0.2) is 30.5 Å². The molecule has 7 heteroatoms. The summed E-state index contributed by atoms with van der Waals surface area (Å²) in [6, 6.07) is 7.13. The average molecular weight is 338 g/mol. The molecule has 1 heterocycles. The Kier molecular flexibility index (Phi) is 7.06. The van der Waals surface area contributed by atoms with Crippen LogP contribution in [0.25, 0.3) is 10.9 Å². The van der Waals surface area contributed by atoms with E-state index in [0.717, 1.165) is 11.9 Å². The number of hydrogen-bond donors (Lipinski definition) is 2. The van der Waals surface area contributed by atoms with Crippen molar-refractivity contribution in [1.29, 1.82) is 0 Å². The molecule has 6 nitrogen and oxygen atoms in total. The maximum Gasteiger partial charge on any atom is 0.257 e. The van der Waals surface area contributed by atoms with Crippen LogP contribution in [0.3, 0.4) is 0 Å². The minimum absolute atomic E-state index is 0.0641. The Morgan fingerprint density at radius 2 is 2.13 bits per heavy atom. The van der Waals surface area contributed by atoms with Gasteiger partial charge in [-0.2, -0.15) is 0 Å². The van der Waals surface area contributed by atoms with Crippen molar-refractivity contribution in [3.8, 4) is 5.75 Å². The van der Waals surface area contributed by atoms with Gasteiger partial charge >= 0.3 is 0 Å². The molecule has 2 rings (SSSR count). The number of ether oxygens (including phenoxy) is 2. The summed E-state index contributed by atoms with van der Waals surface area (Å²) >= 11 is 6.12. The van der Waals surface area contributed by atoms with E-state index in [-0.39, 0.29) is 12.5 Å². The molecule has 0 aliphatic carbocycles. The van der Waals surface area contributed by atoms with Gasteiger partial charge in [-0.3, -0.25) is 9.78 Å². The molecule has 0 unspecified atom stereocenters. The Morgan fingerprint density at radius 3 is 2.96 bits per heavy atom. The van der Waals surface area contributed by atoms with Crippen molar-refractivity contribution in [1.82, 2.24) is 15.6 Å². The fourth-order valence-electron chi connectivity index (χ4n) is 2.01. The average Bonchev–Trinajstić information content (AvgIpc) is 2.58. The fourth-order valence-corrected chi connectivity index (χ4v) is 2.23. The first kappa shape index (κ1) is 17.5. The Hall–Kier alpha value is -1.89. The molecule has 0 saturated heterocycles. The van der Waals surface area contributed by atoms with Crippen LogP contribution in [-0.2, 0) is 9.53 Å². The minimum Gasteiger partial charge on any atom is -0.481 e. The molecule has 0 aliphatic heterocycles. The van der Waals surface area contributed by atoms with E-state index in [0.29, 0.717) is 36.0 Å². The lowest BCUT2D eigenvalue weighted by molar-refractivity contribution is -0.123. The molecule has 23 heavy (non-hydrogen) atoms. The highest BCUT2D eigenvalue weighted by Gasteiger charge is 2.08. The third-order valence-corrected chi connectivity index (χ3v) is 3.47. The van der Waals surface area contributed by atoms with Crippen LogP contribution in [0.4, 0.5) is 0 Å². The Bertz CT molecular complexity index is 652. The van der Waals surface area contributed by atoms with Gasteiger partial charge in [0.1, 0.15) is 11.3 Å². The monoisotopic (exact) mass is 337 g/mol. The SMILES string of the molecule is COCCNCCNC(=O)COc1ccc(Cl)c2cccnc12. The summed E-state index contributed by atoms with van der Waals surface area (Å²) in [7, 11) is 1.65. The molecule has 2 aromatic rings. The van der Waals surface area contributed by atoms with E-state index in [1.54, 1.807) is 31.5 Å². The number of hydrogen-bond acceptors (Lipinski definition) is 5. The summed E-state index contributed by atoms with van der Waals surface area (Å²) in [5.41, 5.74) is 0.647. The van der Waals surface area contributed by atoms with Crippen molar-refractivity contribution < 1.29 is 14.3 Å². The predicted molar refractivity (Wildman–Crippen MR) is 90.0 cm³/mol. The smallest absolute Gasteiger partial charge is 0.257 e. The standard InChI is InChI=1S/C16H20ClN3O3/c1-22-10-9-18-7-8-19-15(21)11-23-14-5-4-13(17)12-3-2-6-20-16(12)14/h2-6,18H,7-11H2,1H3,(H,19,21). The summed E-state index contributed by atoms with van der Waals surface area (Å²) in [4.78, 5) is 16.0. The molecule has 0 spiro atoms. The molecule has 1 aromatic carbocycles. The zero-order chi connectivity index (χ0) is 16.5. The number of carbonyl (C=O) groups is 1. The van der Waals surface area contributed by atoms with Crippen molar-refractivity contribution in [3.05, 3.63) is 35.5 Å². The number of methoxy groups -OCH3 is 1. The second kappa shape index (κ2) is 9.29. The largest absolute Gasteiger partial charge is 0.481 e. The fraction of sp³-hybridized carbons (Fsp3) is 0.375. The molecular weight excluding hydrogens is 318 g/mol. The maximum atomic E-state index is 11.8. The van der Waals surface area contributed by atoms with E-state index < -0.39 is 0 Å². The van der Waals surface area contributed by atoms with Gasteiger partial charge in [-0.25, -0.2) is 0 Å². The van der Waals surface area contributed by atoms with Gasteiger partial charge in [0, 0.05) is 38.3 Å². The van der Waals surface area contributed by atoms with Crippen molar-refractivity contribution in [2.75, 3.05) is 40.0 Å². The predicted octanol–water partition coefficient (Wildman–Crippen LogP) is 1.62. The highest BCUT2D eigenvalue weighted by atomic mass is 35.5. The Balaban J connectivity index is 1.80. The quantitative estimate of drug-likeness (QED) is 0.680. The molecule has 0 radical (unpaired) electrons. The van der Waals surface area contributed by atoms with E-state index in [4.69, 9.17) is 21.1 Å². The number of carbonyl (C=O) groups excluding carboxylic acids is 1. The van der Waals surface area contributed by atoms with Crippen LogP contribution in [0.2, 0.25) is 5.02 Å². The first-order valence-electron chi connectivity index (χ1n) is 7.34. The number of nitrogens with one attached hydrogen (secondary N) is 2. The molecule has 0 bridgehead atoms. The zero-order valence-electron chi connectivity index (χ0n) is 13.0. The number of nitrogens with zero attached hydrogens (tertiary/aromatic N) is 1. The van der Waals surface area contributed by atoms with Gasteiger partial charge in [-0.05, 0) is 24.3 Å². The molecule has 0 fully saturated rings.